The Morgan fingerprint density at radius 3 is 2.70 bits per heavy atom. The van der Waals surface area contributed by atoms with Crippen LogP contribution in [-0.4, -0.2) is 52.1 Å². The predicted octanol–water partition coefficient (Wildman–Crippen LogP) is 2.11. The molecule has 0 saturated carbocycles. The molecule has 120 valence electrons. The van der Waals surface area contributed by atoms with E-state index in [1.807, 2.05) is 4.90 Å². The van der Waals surface area contributed by atoms with Crippen molar-refractivity contribution in [3.05, 3.63) is 46.9 Å². The summed E-state index contributed by atoms with van der Waals surface area (Å²) in [5, 5.41) is 10.3. The molecule has 1 saturated heterocycles. The highest BCUT2D eigenvalue weighted by Gasteiger charge is 2.25. The van der Waals surface area contributed by atoms with Gasteiger partial charge in [-0.2, -0.15) is 0 Å². The number of anilines is 1. The first-order valence-electron chi connectivity index (χ1n) is 7.36. The fourth-order valence-corrected chi connectivity index (χ4v) is 2.91. The Kier molecular flexibility index (Phi) is 4.34. The molecule has 1 aliphatic heterocycles. The summed E-state index contributed by atoms with van der Waals surface area (Å²) in [6.07, 6.45) is 3.03. The van der Waals surface area contributed by atoms with Gasteiger partial charge in [0, 0.05) is 37.3 Å². The van der Waals surface area contributed by atoms with E-state index in [-0.39, 0.29) is 11.7 Å². The number of halogens is 1. The molecule has 2 aromatic rings. The number of nitrogens with zero attached hydrogens (tertiary/aromatic N) is 4. The molecule has 23 heavy (non-hydrogen) atoms. The van der Waals surface area contributed by atoms with Crippen molar-refractivity contribution in [2.45, 2.75) is 6.92 Å². The number of carbonyl (C=O) groups is 1. The second kappa shape index (κ2) is 6.42. The van der Waals surface area contributed by atoms with Gasteiger partial charge in [-0.15, -0.1) is 0 Å². The minimum absolute atomic E-state index is 0.0631. The van der Waals surface area contributed by atoms with E-state index in [4.69, 9.17) is 11.6 Å². The lowest BCUT2D eigenvalue weighted by Crippen LogP contribution is -2.49. The largest absolute Gasteiger partial charge is 0.508 e. The minimum Gasteiger partial charge on any atom is -0.508 e. The molecule has 1 fully saturated rings. The third kappa shape index (κ3) is 3.07. The molecule has 0 unspecified atom stereocenters. The summed E-state index contributed by atoms with van der Waals surface area (Å²) in [4.78, 5) is 24.5. The zero-order valence-electron chi connectivity index (χ0n) is 12.7. The second-order valence-corrected chi connectivity index (χ2v) is 5.83. The van der Waals surface area contributed by atoms with E-state index >= 15 is 0 Å². The van der Waals surface area contributed by atoms with Crippen molar-refractivity contribution < 1.29 is 9.90 Å². The molecule has 1 aromatic heterocycles. The van der Waals surface area contributed by atoms with E-state index in [2.05, 4.69) is 9.97 Å². The first-order chi connectivity index (χ1) is 11.1. The first kappa shape index (κ1) is 15.6. The number of aromatic nitrogens is 2. The molecular formula is C16H17ClN4O2. The molecule has 1 aliphatic rings. The number of amides is 1. The molecule has 0 aliphatic carbocycles. The number of carbonyl (C=O) groups excluding carboxylic acids is 1. The van der Waals surface area contributed by atoms with Gasteiger partial charge in [-0.25, -0.2) is 9.97 Å². The van der Waals surface area contributed by atoms with E-state index in [9.17, 15) is 9.90 Å². The summed E-state index contributed by atoms with van der Waals surface area (Å²) in [6, 6.07) is 5.01. The van der Waals surface area contributed by atoms with Gasteiger partial charge in [0.1, 0.15) is 17.1 Å². The van der Waals surface area contributed by atoms with Crippen LogP contribution in [0.4, 0.5) is 5.82 Å². The quantitative estimate of drug-likeness (QED) is 0.912. The van der Waals surface area contributed by atoms with Gasteiger partial charge in [0.15, 0.2) is 5.82 Å². The maximum atomic E-state index is 12.6. The van der Waals surface area contributed by atoms with Gasteiger partial charge in [0.05, 0.1) is 6.20 Å². The molecule has 1 N–H and O–H groups in total. The van der Waals surface area contributed by atoms with Crippen LogP contribution in [0.2, 0.25) is 5.02 Å². The highest BCUT2D eigenvalue weighted by Crippen LogP contribution is 2.24. The van der Waals surface area contributed by atoms with Crippen LogP contribution in [0.1, 0.15) is 15.9 Å². The highest BCUT2D eigenvalue weighted by molar-refractivity contribution is 6.32. The van der Waals surface area contributed by atoms with Crippen LogP contribution in [0.25, 0.3) is 0 Å². The number of hydrogen-bond donors (Lipinski definition) is 1. The highest BCUT2D eigenvalue weighted by atomic mass is 35.5. The molecule has 1 amide bonds. The summed E-state index contributed by atoms with van der Waals surface area (Å²) in [6.45, 7) is 4.21. The van der Waals surface area contributed by atoms with E-state index in [0.717, 1.165) is 0 Å². The summed E-state index contributed by atoms with van der Waals surface area (Å²) < 4.78 is 0. The van der Waals surface area contributed by atoms with Gasteiger partial charge in [-0.1, -0.05) is 17.7 Å². The fraction of sp³-hybridized carbons (Fsp3) is 0.312. The molecule has 3 rings (SSSR count). The van der Waals surface area contributed by atoms with Crippen LogP contribution < -0.4 is 4.90 Å². The molecule has 0 radical (unpaired) electrons. The van der Waals surface area contributed by atoms with Crippen molar-refractivity contribution in [1.82, 2.24) is 14.9 Å². The van der Waals surface area contributed by atoms with Crippen molar-refractivity contribution in [1.29, 1.82) is 0 Å². The molecule has 0 atom stereocenters. The van der Waals surface area contributed by atoms with Crippen molar-refractivity contribution >= 4 is 23.3 Å². The van der Waals surface area contributed by atoms with Gasteiger partial charge in [0.25, 0.3) is 5.91 Å². The van der Waals surface area contributed by atoms with Crippen LogP contribution in [0, 0.1) is 6.92 Å². The molecule has 6 nitrogen and oxygen atoms in total. The van der Waals surface area contributed by atoms with Gasteiger partial charge >= 0.3 is 0 Å². The Hall–Kier alpha value is -2.34. The van der Waals surface area contributed by atoms with Crippen molar-refractivity contribution in [3.8, 4) is 5.75 Å². The van der Waals surface area contributed by atoms with E-state index in [0.29, 0.717) is 48.1 Å². The zero-order chi connectivity index (χ0) is 16.4. The third-order valence-corrected chi connectivity index (χ3v) is 4.32. The SMILES string of the molecule is Cc1c(O)cccc1C(=O)N1CCN(c2ncncc2Cl)CC1. The molecule has 7 heteroatoms. The van der Waals surface area contributed by atoms with E-state index < -0.39 is 0 Å². The topological polar surface area (TPSA) is 69.6 Å². The summed E-state index contributed by atoms with van der Waals surface area (Å²) in [5.41, 5.74) is 1.15. The van der Waals surface area contributed by atoms with Crippen molar-refractivity contribution in [2.24, 2.45) is 0 Å². The number of hydrogen-bond acceptors (Lipinski definition) is 5. The number of phenolic OH excluding ortho intramolecular Hbond substituents is 1. The number of phenols is 1. The maximum Gasteiger partial charge on any atom is 0.254 e. The van der Waals surface area contributed by atoms with Crippen molar-refractivity contribution in [3.63, 3.8) is 0 Å². The number of benzene rings is 1. The average molecular weight is 333 g/mol. The Bertz CT molecular complexity index is 730. The lowest BCUT2D eigenvalue weighted by Gasteiger charge is -2.35. The predicted molar refractivity (Wildman–Crippen MR) is 88.0 cm³/mol. The molecule has 0 spiro atoms. The lowest BCUT2D eigenvalue weighted by atomic mass is 10.1. The van der Waals surface area contributed by atoms with E-state index in [1.165, 1.54) is 6.33 Å². The Morgan fingerprint density at radius 1 is 1.26 bits per heavy atom. The monoisotopic (exact) mass is 332 g/mol. The normalized spacial score (nSPS) is 14.9. The van der Waals surface area contributed by atoms with Crippen molar-refractivity contribution in [2.75, 3.05) is 31.1 Å². The molecular weight excluding hydrogens is 316 g/mol. The zero-order valence-corrected chi connectivity index (χ0v) is 13.5. The fourth-order valence-electron chi connectivity index (χ4n) is 2.69. The first-order valence-corrected chi connectivity index (χ1v) is 7.74. The number of aromatic hydroxyl groups is 1. The lowest BCUT2D eigenvalue weighted by molar-refractivity contribution is 0.0745. The Balaban J connectivity index is 1.71. The smallest absolute Gasteiger partial charge is 0.254 e. The average Bonchev–Trinajstić information content (AvgIpc) is 2.57. The minimum atomic E-state index is -0.0631. The third-order valence-electron chi connectivity index (χ3n) is 4.05. The van der Waals surface area contributed by atoms with Crippen LogP contribution in [0.15, 0.2) is 30.7 Å². The second-order valence-electron chi connectivity index (χ2n) is 5.42. The summed E-state index contributed by atoms with van der Waals surface area (Å²) in [7, 11) is 0. The van der Waals surface area contributed by atoms with Crippen LogP contribution in [0.3, 0.4) is 0 Å². The number of piperazine rings is 1. The van der Waals surface area contributed by atoms with Gasteiger partial charge in [0.2, 0.25) is 0 Å². The standard InChI is InChI=1S/C16H17ClN4O2/c1-11-12(3-2-4-14(11)22)16(23)21-7-5-20(6-8-21)15-13(17)9-18-10-19-15/h2-4,9-10,22H,5-8H2,1H3. The number of rotatable bonds is 2. The van der Waals surface area contributed by atoms with Gasteiger partial charge in [-0.3, -0.25) is 4.79 Å². The molecule has 1 aromatic carbocycles. The van der Waals surface area contributed by atoms with E-state index in [1.54, 1.807) is 36.2 Å². The molecule has 0 bridgehead atoms. The van der Waals surface area contributed by atoms with Gasteiger partial charge < -0.3 is 14.9 Å². The van der Waals surface area contributed by atoms with Crippen LogP contribution in [-0.2, 0) is 0 Å². The van der Waals surface area contributed by atoms with Gasteiger partial charge in [-0.05, 0) is 19.1 Å². The Morgan fingerprint density at radius 2 is 2.00 bits per heavy atom. The maximum absolute atomic E-state index is 12.6. The Labute approximate surface area is 139 Å². The van der Waals surface area contributed by atoms with Crippen LogP contribution >= 0.6 is 11.6 Å². The summed E-state index contributed by atoms with van der Waals surface area (Å²) in [5.74, 6) is 0.774. The van der Waals surface area contributed by atoms with Crippen LogP contribution in [0.5, 0.6) is 5.75 Å². The summed E-state index contributed by atoms with van der Waals surface area (Å²) >= 11 is 6.12. The molecule has 2 heterocycles.